The first-order valence-corrected chi connectivity index (χ1v) is 16.4. The monoisotopic (exact) mass is 670 g/mol. The van der Waals surface area contributed by atoms with Crippen molar-refractivity contribution in [2.45, 2.75) is 46.5 Å². The van der Waals surface area contributed by atoms with Gasteiger partial charge in [-0.3, -0.25) is 4.57 Å². The van der Waals surface area contributed by atoms with Crippen LogP contribution in [0.3, 0.4) is 0 Å². The summed E-state index contributed by atoms with van der Waals surface area (Å²) < 4.78 is 81.5. The van der Waals surface area contributed by atoms with Crippen molar-refractivity contribution in [3.63, 3.8) is 0 Å². The number of ether oxygens (including phenoxy) is 5. The Bertz CT molecular complexity index is 1650. The molecular formula is C35H37F2O9P. The molecule has 0 heterocycles. The predicted octanol–water partition coefficient (Wildman–Crippen LogP) is 8.38. The van der Waals surface area contributed by atoms with Gasteiger partial charge in [-0.25, -0.2) is 13.6 Å². The molecule has 0 aliphatic rings. The Hall–Kier alpha value is -4.44. The van der Waals surface area contributed by atoms with Crippen LogP contribution in [0, 0.1) is 11.6 Å². The number of hydrogen-bond acceptors (Lipinski definition) is 9. The van der Waals surface area contributed by atoms with Gasteiger partial charge in [0.1, 0.15) is 17.2 Å². The van der Waals surface area contributed by atoms with Crippen molar-refractivity contribution >= 4 is 18.9 Å². The standard InChI is InChI=1S/C35H37F2O9P/c1-6-15-42-35(38)26-18-28(45-23(2)3)20-29(19-26)46-27-9-11-30(12-10-27)47(39,43-21-24-7-13-33(40-4)31(36)16-24)44-22-25-8-14-34(41-5)32(37)17-25/h7-14,16-20,23H,6,15,21-22H2,1-5H3. The van der Waals surface area contributed by atoms with Crippen molar-refractivity contribution in [3.05, 3.63) is 107 Å². The van der Waals surface area contributed by atoms with E-state index in [9.17, 15) is 18.1 Å². The molecule has 0 atom stereocenters. The van der Waals surface area contributed by atoms with Gasteiger partial charge in [-0.15, -0.1) is 0 Å². The number of benzene rings is 4. The fourth-order valence-electron chi connectivity index (χ4n) is 4.30. The van der Waals surface area contributed by atoms with Gasteiger partial charge in [0.05, 0.1) is 51.0 Å². The van der Waals surface area contributed by atoms with Gasteiger partial charge in [0.15, 0.2) is 23.1 Å². The zero-order valence-electron chi connectivity index (χ0n) is 26.8. The van der Waals surface area contributed by atoms with E-state index < -0.39 is 25.2 Å². The lowest BCUT2D eigenvalue weighted by Crippen LogP contribution is -2.11. The summed E-state index contributed by atoms with van der Waals surface area (Å²) in [4.78, 5) is 12.6. The summed E-state index contributed by atoms with van der Waals surface area (Å²) in [6.45, 7) is 5.38. The Balaban J connectivity index is 1.58. The van der Waals surface area contributed by atoms with E-state index in [-0.39, 0.29) is 48.3 Å². The topological polar surface area (TPSA) is 98.8 Å². The largest absolute Gasteiger partial charge is 0.494 e. The Morgan fingerprint density at radius 1 is 0.745 bits per heavy atom. The maximum absolute atomic E-state index is 14.3. The van der Waals surface area contributed by atoms with Crippen LogP contribution in [0.15, 0.2) is 78.9 Å². The normalized spacial score (nSPS) is 11.3. The van der Waals surface area contributed by atoms with Gasteiger partial charge in [0.2, 0.25) is 0 Å². The summed E-state index contributed by atoms with van der Waals surface area (Å²) in [5.41, 5.74) is 1.04. The van der Waals surface area contributed by atoms with E-state index in [4.69, 9.17) is 32.7 Å². The Labute approximate surface area is 272 Å². The maximum Gasteiger partial charge on any atom is 0.361 e. The molecule has 0 aliphatic heterocycles. The van der Waals surface area contributed by atoms with E-state index in [2.05, 4.69) is 0 Å². The Morgan fingerprint density at radius 2 is 1.30 bits per heavy atom. The van der Waals surface area contributed by atoms with Crippen molar-refractivity contribution in [1.29, 1.82) is 0 Å². The van der Waals surface area contributed by atoms with Crippen LogP contribution < -0.4 is 24.3 Å². The van der Waals surface area contributed by atoms with E-state index in [1.807, 2.05) is 20.8 Å². The highest BCUT2D eigenvalue weighted by Gasteiger charge is 2.29. The second-order valence-corrected chi connectivity index (χ2v) is 12.6. The van der Waals surface area contributed by atoms with Gasteiger partial charge in [-0.1, -0.05) is 19.1 Å². The molecule has 0 aromatic heterocycles. The van der Waals surface area contributed by atoms with Crippen molar-refractivity contribution in [2.24, 2.45) is 0 Å². The van der Waals surface area contributed by atoms with Gasteiger partial charge in [0.25, 0.3) is 0 Å². The first kappa shape index (κ1) is 35.4. The SMILES string of the molecule is CCCOC(=O)c1cc(Oc2ccc(P(=O)(OCc3ccc(OC)c(F)c3)OCc3ccc(OC)c(F)c3)cc2)cc(OC(C)C)c1. The molecule has 0 aliphatic carbocycles. The lowest BCUT2D eigenvalue weighted by Gasteiger charge is -2.20. The summed E-state index contributed by atoms with van der Waals surface area (Å²) in [5.74, 6) is -0.525. The van der Waals surface area contributed by atoms with E-state index in [0.717, 1.165) is 0 Å². The number of esters is 1. The van der Waals surface area contributed by atoms with Gasteiger partial charge in [-0.05, 0) is 92.1 Å². The Kier molecular flexibility index (Phi) is 12.4. The van der Waals surface area contributed by atoms with Gasteiger partial charge < -0.3 is 32.7 Å². The van der Waals surface area contributed by atoms with Gasteiger partial charge in [0, 0.05) is 6.07 Å². The lowest BCUT2D eigenvalue weighted by atomic mass is 10.2. The van der Waals surface area contributed by atoms with Crippen LogP contribution in [-0.4, -0.2) is 32.9 Å². The van der Waals surface area contributed by atoms with Crippen molar-refractivity contribution in [3.8, 4) is 28.7 Å². The minimum absolute atomic E-state index is 0.0524. The zero-order valence-corrected chi connectivity index (χ0v) is 27.7. The maximum atomic E-state index is 14.3. The molecule has 0 saturated carbocycles. The van der Waals surface area contributed by atoms with Crippen molar-refractivity contribution < 1.29 is 50.9 Å². The molecule has 0 unspecified atom stereocenters. The number of methoxy groups -OCH3 is 2. The second kappa shape index (κ2) is 16.4. The molecule has 0 saturated heterocycles. The third-order valence-corrected chi connectivity index (χ3v) is 8.42. The summed E-state index contributed by atoms with van der Waals surface area (Å²) in [6, 6.07) is 19.3. The highest BCUT2D eigenvalue weighted by molar-refractivity contribution is 7.62. The summed E-state index contributed by atoms with van der Waals surface area (Å²) in [7, 11) is -1.37. The van der Waals surface area contributed by atoms with Crippen LogP contribution in [0.1, 0.15) is 48.7 Å². The second-order valence-electron chi connectivity index (χ2n) is 10.6. The van der Waals surface area contributed by atoms with E-state index >= 15 is 0 Å². The van der Waals surface area contributed by atoms with Crippen LogP contribution in [0.25, 0.3) is 0 Å². The Morgan fingerprint density at radius 3 is 1.79 bits per heavy atom. The average molecular weight is 671 g/mol. The van der Waals surface area contributed by atoms with Crippen LogP contribution in [-0.2, 0) is 31.6 Å². The molecule has 4 rings (SSSR count). The van der Waals surface area contributed by atoms with Gasteiger partial charge in [-0.2, -0.15) is 0 Å². The summed E-state index contributed by atoms with van der Waals surface area (Å²) in [5, 5.41) is 0.175. The van der Waals surface area contributed by atoms with E-state index in [1.165, 1.54) is 56.7 Å². The minimum Gasteiger partial charge on any atom is -0.494 e. The fraction of sp³-hybridized carbons (Fsp3) is 0.286. The number of rotatable bonds is 16. The average Bonchev–Trinajstić information content (AvgIpc) is 3.05. The number of halogens is 2. The molecule has 250 valence electrons. The number of carbonyl (C=O) groups is 1. The van der Waals surface area contributed by atoms with Crippen LogP contribution in [0.4, 0.5) is 8.78 Å². The quantitative estimate of drug-likeness (QED) is 0.0860. The zero-order chi connectivity index (χ0) is 34.0. The third kappa shape index (κ3) is 9.78. The lowest BCUT2D eigenvalue weighted by molar-refractivity contribution is 0.0504. The van der Waals surface area contributed by atoms with E-state index in [0.29, 0.717) is 34.8 Å². The molecule has 4 aromatic carbocycles. The molecule has 0 amide bonds. The number of carbonyl (C=O) groups excluding carboxylic acids is 1. The molecule has 47 heavy (non-hydrogen) atoms. The third-order valence-electron chi connectivity index (χ3n) is 6.55. The van der Waals surface area contributed by atoms with Crippen molar-refractivity contribution in [1.82, 2.24) is 0 Å². The summed E-state index contributed by atoms with van der Waals surface area (Å²) >= 11 is 0. The predicted molar refractivity (Wildman–Crippen MR) is 172 cm³/mol. The summed E-state index contributed by atoms with van der Waals surface area (Å²) in [6.07, 6.45) is 0.525. The fourth-order valence-corrected chi connectivity index (χ4v) is 5.83. The molecule has 0 fully saturated rings. The molecule has 0 spiro atoms. The van der Waals surface area contributed by atoms with Crippen molar-refractivity contribution in [2.75, 3.05) is 20.8 Å². The smallest absolute Gasteiger partial charge is 0.361 e. The molecule has 12 heteroatoms. The first-order valence-electron chi connectivity index (χ1n) is 14.8. The number of hydrogen-bond donors (Lipinski definition) is 0. The molecule has 4 aromatic rings. The molecule has 0 radical (unpaired) electrons. The molecule has 0 bridgehead atoms. The van der Waals surface area contributed by atoms with Crippen LogP contribution in [0.2, 0.25) is 0 Å². The van der Waals surface area contributed by atoms with E-state index in [1.54, 1.807) is 36.4 Å². The molecule has 0 N–H and O–H groups in total. The minimum atomic E-state index is -4.07. The van der Waals surface area contributed by atoms with Crippen LogP contribution >= 0.6 is 7.60 Å². The molecule has 9 nitrogen and oxygen atoms in total. The highest BCUT2D eigenvalue weighted by atomic mass is 31.2. The highest BCUT2D eigenvalue weighted by Crippen LogP contribution is 2.49. The first-order chi connectivity index (χ1) is 22.5. The molecular weight excluding hydrogens is 633 g/mol. The van der Waals surface area contributed by atoms with Crippen LogP contribution in [0.5, 0.6) is 28.7 Å². The van der Waals surface area contributed by atoms with Gasteiger partial charge >= 0.3 is 13.6 Å².